The van der Waals surface area contributed by atoms with Crippen molar-refractivity contribution in [2.45, 2.75) is 37.0 Å². The molecule has 0 aromatic heterocycles. The largest absolute Gasteiger partial charge is 0.483 e. The highest BCUT2D eigenvalue weighted by atomic mass is 16.3. The minimum Gasteiger partial charge on any atom is -0.483 e. The van der Waals surface area contributed by atoms with Gasteiger partial charge in [-0.1, -0.05) is 73.5 Å². The molecule has 0 spiro atoms. The van der Waals surface area contributed by atoms with Gasteiger partial charge in [0.1, 0.15) is 11.8 Å². The van der Waals surface area contributed by atoms with Crippen LogP contribution in [0.15, 0.2) is 84.9 Å². The fourth-order valence-corrected chi connectivity index (χ4v) is 4.78. The van der Waals surface area contributed by atoms with Crippen molar-refractivity contribution in [2.75, 3.05) is 11.9 Å². The zero-order valence-corrected chi connectivity index (χ0v) is 20.5. The van der Waals surface area contributed by atoms with Gasteiger partial charge in [0.15, 0.2) is 0 Å². The van der Waals surface area contributed by atoms with Gasteiger partial charge in [0.2, 0.25) is 11.8 Å². The van der Waals surface area contributed by atoms with E-state index in [1.807, 2.05) is 36.4 Å². The van der Waals surface area contributed by atoms with E-state index in [0.29, 0.717) is 23.4 Å². The first kappa shape index (κ1) is 27.1. The molecule has 0 bridgehead atoms. The molecule has 0 radical (unpaired) electrons. The van der Waals surface area contributed by atoms with E-state index in [-0.39, 0.29) is 23.6 Å². The molecule has 192 valence electrons. The predicted octanol–water partition coefficient (Wildman–Crippen LogP) is 4.02. The highest BCUT2D eigenvalue weighted by molar-refractivity contribution is 6.11. The molecule has 0 saturated heterocycles. The van der Waals surface area contributed by atoms with E-state index in [9.17, 15) is 9.59 Å². The van der Waals surface area contributed by atoms with Crippen LogP contribution >= 0.6 is 0 Å². The van der Waals surface area contributed by atoms with Crippen LogP contribution in [0.3, 0.4) is 0 Å². The Morgan fingerprint density at radius 1 is 0.919 bits per heavy atom. The van der Waals surface area contributed by atoms with Crippen LogP contribution in [0.1, 0.15) is 48.3 Å². The lowest BCUT2D eigenvalue weighted by atomic mass is 9.78. The van der Waals surface area contributed by atoms with Gasteiger partial charge < -0.3 is 21.5 Å². The molecule has 0 aliphatic heterocycles. The molecule has 8 nitrogen and oxygen atoms in total. The van der Waals surface area contributed by atoms with Crippen LogP contribution in [-0.2, 0) is 19.8 Å². The van der Waals surface area contributed by atoms with Crippen molar-refractivity contribution in [1.29, 1.82) is 5.41 Å². The van der Waals surface area contributed by atoms with Gasteiger partial charge in [0.05, 0.1) is 0 Å². The minimum atomic E-state index is -0.983. The van der Waals surface area contributed by atoms with Crippen molar-refractivity contribution in [2.24, 2.45) is 5.73 Å². The number of nitrogens with one attached hydrogen (secondary N) is 3. The van der Waals surface area contributed by atoms with Gasteiger partial charge >= 0.3 is 0 Å². The monoisotopic (exact) mass is 500 g/mol. The lowest BCUT2D eigenvalue weighted by Gasteiger charge is -2.31. The van der Waals surface area contributed by atoms with Gasteiger partial charge in [-0.3, -0.25) is 19.8 Å². The van der Waals surface area contributed by atoms with Crippen molar-refractivity contribution in [1.82, 2.24) is 5.32 Å². The van der Waals surface area contributed by atoms with Crippen LogP contribution in [-0.4, -0.2) is 35.8 Å². The van der Waals surface area contributed by atoms with Crippen molar-refractivity contribution in [3.8, 4) is 0 Å². The molecule has 1 saturated carbocycles. The summed E-state index contributed by atoms with van der Waals surface area (Å²) in [6.07, 6.45) is 4.29. The molecule has 1 aliphatic rings. The number of benzene rings is 3. The number of carbonyl (C=O) groups excluding carboxylic acids is 2. The first-order chi connectivity index (χ1) is 17.9. The lowest BCUT2D eigenvalue weighted by Crippen LogP contribution is -2.43. The van der Waals surface area contributed by atoms with Gasteiger partial charge in [0, 0.05) is 23.2 Å². The van der Waals surface area contributed by atoms with E-state index in [1.54, 1.807) is 36.4 Å². The second-order valence-electron chi connectivity index (χ2n) is 9.00. The number of amidine groups is 1. The van der Waals surface area contributed by atoms with E-state index >= 15 is 0 Å². The maximum Gasteiger partial charge on any atom is 0.290 e. The zero-order valence-electron chi connectivity index (χ0n) is 20.5. The summed E-state index contributed by atoms with van der Waals surface area (Å²) in [6.45, 7) is 0.250. The number of hydrogen-bond acceptors (Lipinski definition) is 4. The quantitative estimate of drug-likeness (QED) is 0.137. The van der Waals surface area contributed by atoms with E-state index in [2.05, 4.69) is 22.8 Å². The third kappa shape index (κ3) is 7.04. The van der Waals surface area contributed by atoms with Crippen molar-refractivity contribution >= 4 is 29.8 Å². The maximum atomic E-state index is 13.4. The number of anilines is 1. The van der Waals surface area contributed by atoms with Crippen LogP contribution in [0.5, 0.6) is 0 Å². The van der Waals surface area contributed by atoms with Gasteiger partial charge in [0.25, 0.3) is 6.47 Å². The van der Waals surface area contributed by atoms with E-state index in [0.717, 1.165) is 25.7 Å². The van der Waals surface area contributed by atoms with E-state index in [1.165, 1.54) is 5.56 Å². The highest BCUT2D eigenvalue weighted by Crippen LogP contribution is 2.40. The fraction of sp³-hybridized carbons (Fsp3) is 0.241. The molecule has 0 heterocycles. The average Bonchev–Trinajstić information content (AvgIpc) is 3.40. The van der Waals surface area contributed by atoms with Gasteiger partial charge in [-0.05, 0) is 48.2 Å². The molecule has 1 fully saturated rings. The van der Waals surface area contributed by atoms with Crippen LogP contribution in [0.4, 0.5) is 5.69 Å². The molecule has 2 amide bonds. The second-order valence-corrected chi connectivity index (χ2v) is 9.00. The highest BCUT2D eigenvalue weighted by Gasteiger charge is 2.37. The summed E-state index contributed by atoms with van der Waals surface area (Å²) >= 11 is 0. The summed E-state index contributed by atoms with van der Waals surface area (Å²) in [6, 6.07) is 26.1. The summed E-state index contributed by atoms with van der Waals surface area (Å²) in [5.74, 6) is -1.74. The van der Waals surface area contributed by atoms with Crippen LogP contribution < -0.4 is 16.4 Å². The van der Waals surface area contributed by atoms with Crippen LogP contribution in [0.2, 0.25) is 0 Å². The Morgan fingerprint density at radius 3 is 2.00 bits per heavy atom. The van der Waals surface area contributed by atoms with E-state index in [4.69, 9.17) is 21.0 Å². The molecule has 8 heteroatoms. The number of carboxylic acid groups (broad SMARTS) is 1. The van der Waals surface area contributed by atoms with Gasteiger partial charge in [-0.15, -0.1) is 0 Å². The molecule has 4 rings (SSSR count). The first-order valence-corrected chi connectivity index (χ1v) is 12.1. The first-order valence-electron chi connectivity index (χ1n) is 12.1. The Labute approximate surface area is 216 Å². The Kier molecular flexibility index (Phi) is 9.55. The van der Waals surface area contributed by atoms with Gasteiger partial charge in [-0.2, -0.15) is 0 Å². The minimum absolute atomic E-state index is 0.0429. The Morgan fingerprint density at radius 2 is 1.46 bits per heavy atom. The summed E-state index contributed by atoms with van der Waals surface area (Å²) in [7, 11) is 0. The topological polar surface area (TPSA) is 145 Å². The number of rotatable bonds is 8. The summed E-state index contributed by atoms with van der Waals surface area (Å²) < 4.78 is 0. The SMILES string of the molecule is N=C(N)c1ccc(NC(=O)C(C(=O)NCC2(c3ccccc3)CCCC2)c2ccccc2)cc1.O=CO. The molecule has 6 N–H and O–H groups in total. The smallest absolute Gasteiger partial charge is 0.290 e. The number of amides is 2. The number of carbonyl (C=O) groups is 3. The number of hydrogen-bond donors (Lipinski definition) is 5. The van der Waals surface area contributed by atoms with Crippen LogP contribution in [0, 0.1) is 5.41 Å². The molecular formula is C29H32N4O4. The second kappa shape index (κ2) is 13.0. The molecule has 1 aliphatic carbocycles. The fourth-order valence-electron chi connectivity index (χ4n) is 4.78. The number of nitrogens with two attached hydrogens (primary N) is 1. The Hall–Kier alpha value is -4.46. The van der Waals surface area contributed by atoms with Crippen molar-refractivity contribution < 1.29 is 19.5 Å². The summed E-state index contributed by atoms with van der Waals surface area (Å²) in [5, 5.41) is 20.4. The third-order valence-electron chi connectivity index (χ3n) is 6.67. The summed E-state index contributed by atoms with van der Waals surface area (Å²) in [4.78, 5) is 35.1. The summed E-state index contributed by atoms with van der Waals surface area (Å²) in [5.41, 5.74) is 8.39. The number of nitrogen functional groups attached to an aromatic ring is 1. The lowest BCUT2D eigenvalue weighted by molar-refractivity contribution is -0.129. The molecule has 3 aromatic rings. The third-order valence-corrected chi connectivity index (χ3v) is 6.67. The van der Waals surface area contributed by atoms with E-state index < -0.39 is 11.8 Å². The Bertz CT molecular complexity index is 1190. The van der Waals surface area contributed by atoms with Crippen molar-refractivity contribution in [3.05, 3.63) is 102 Å². The Balaban J connectivity index is 0.00000121. The molecule has 1 atom stereocenters. The molecule has 3 aromatic carbocycles. The standard InChI is InChI=1S/C28H30N4O2.CH2O2/c29-25(30)21-13-15-23(16-14-21)32-27(34)24(20-9-3-1-4-10-20)26(33)31-19-28(17-7-8-18-28)22-11-5-2-6-12-22;2-1-3/h1-6,9-16,24H,7-8,17-19H2,(H3,29,30)(H,31,33)(H,32,34);1H,(H,2,3). The molecular weight excluding hydrogens is 468 g/mol. The normalized spacial score (nSPS) is 14.4. The molecule has 1 unspecified atom stereocenters. The maximum absolute atomic E-state index is 13.4. The van der Waals surface area contributed by atoms with Gasteiger partial charge in [-0.25, -0.2) is 0 Å². The average molecular weight is 501 g/mol. The van der Waals surface area contributed by atoms with Crippen LogP contribution in [0.25, 0.3) is 0 Å². The zero-order chi connectivity index (χ0) is 26.7. The molecule has 37 heavy (non-hydrogen) atoms. The van der Waals surface area contributed by atoms with Crippen molar-refractivity contribution in [3.63, 3.8) is 0 Å². The predicted molar refractivity (Wildman–Crippen MR) is 144 cm³/mol.